The van der Waals surface area contributed by atoms with E-state index in [0.29, 0.717) is 0 Å². The molecule has 0 aliphatic rings. The van der Waals surface area contributed by atoms with Gasteiger partial charge in [0, 0.05) is 4.47 Å². The zero-order valence-corrected chi connectivity index (χ0v) is 9.65. The van der Waals surface area contributed by atoms with E-state index in [0.717, 1.165) is 13.2 Å². The van der Waals surface area contributed by atoms with Gasteiger partial charge >= 0.3 is 5.97 Å². The minimum atomic E-state index is -1.81. The molecule has 0 amide bonds. The zero-order valence-electron chi connectivity index (χ0n) is 8.07. The summed E-state index contributed by atoms with van der Waals surface area (Å²) in [6, 6.07) is 0.816. The first-order valence-corrected chi connectivity index (χ1v) is 4.85. The average Bonchev–Trinajstić information content (AvgIpc) is 2.24. The maximum atomic E-state index is 12.9. The lowest BCUT2D eigenvalue weighted by Crippen LogP contribution is -2.14. The fraction of sp³-hybridized carbons (Fsp3) is 0.222. The number of benzene rings is 1. The van der Waals surface area contributed by atoms with E-state index in [1.54, 1.807) is 0 Å². The monoisotopic (exact) mass is 294 g/mol. The minimum Gasteiger partial charge on any atom is -0.504 e. The van der Waals surface area contributed by atoms with Gasteiger partial charge in [-0.15, -0.1) is 0 Å². The highest BCUT2D eigenvalue weighted by Crippen LogP contribution is 2.40. The van der Waals surface area contributed by atoms with Gasteiger partial charge in [-0.2, -0.15) is 0 Å². The fourth-order valence-corrected chi connectivity index (χ4v) is 1.71. The van der Waals surface area contributed by atoms with E-state index >= 15 is 0 Å². The third-order valence-electron chi connectivity index (χ3n) is 1.91. The molecule has 88 valence electrons. The molecule has 1 aromatic rings. The van der Waals surface area contributed by atoms with Gasteiger partial charge in [0.1, 0.15) is 0 Å². The van der Waals surface area contributed by atoms with E-state index in [2.05, 4.69) is 20.7 Å². The number of halogens is 2. The number of carbonyl (C=O) groups excluding carboxylic acids is 1. The standard InChI is InChI=1S/C9H8BrFO5/c1-16-9(15)8(14)5-3(10)2-4(11)6(12)7(5)13/h2,8,12-14H,1H3. The molecular formula is C9H8BrFO5. The largest absolute Gasteiger partial charge is 0.504 e. The second-order valence-electron chi connectivity index (χ2n) is 2.88. The lowest BCUT2D eigenvalue weighted by molar-refractivity contribution is -0.150. The van der Waals surface area contributed by atoms with Gasteiger partial charge in [0.25, 0.3) is 0 Å². The van der Waals surface area contributed by atoms with Crippen molar-refractivity contribution in [2.24, 2.45) is 0 Å². The van der Waals surface area contributed by atoms with Crippen LogP contribution < -0.4 is 0 Å². The molecule has 16 heavy (non-hydrogen) atoms. The molecule has 1 aromatic carbocycles. The molecule has 0 radical (unpaired) electrons. The predicted octanol–water partition coefficient (Wildman–Crippen LogP) is 1.21. The summed E-state index contributed by atoms with van der Waals surface area (Å²) < 4.78 is 17.1. The summed E-state index contributed by atoms with van der Waals surface area (Å²) in [5.74, 6) is -4.07. The number of rotatable bonds is 2. The second-order valence-corrected chi connectivity index (χ2v) is 3.73. The highest BCUT2D eigenvalue weighted by molar-refractivity contribution is 9.10. The first-order chi connectivity index (χ1) is 7.40. The molecule has 0 fully saturated rings. The number of aromatic hydroxyl groups is 2. The number of hydrogen-bond donors (Lipinski definition) is 3. The Hall–Kier alpha value is -1.34. The number of hydrogen-bond acceptors (Lipinski definition) is 5. The summed E-state index contributed by atoms with van der Waals surface area (Å²) in [6.45, 7) is 0. The van der Waals surface area contributed by atoms with E-state index in [4.69, 9.17) is 5.11 Å². The number of phenolic OH excluding ortho intramolecular Hbond substituents is 2. The van der Waals surface area contributed by atoms with E-state index < -0.39 is 29.4 Å². The summed E-state index contributed by atoms with van der Waals surface area (Å²) >= 11 is 2.85. The Balaban J connectivity index is 3.34. The van der Waals surface area contributed by atoms with Crippen LogP contribution in [0.5, 0.6) is 11.5 Å². The number of aliphatic hydroxyl groups is 1. The molecule has 1 unspecified atom stereocenters. The third kappa shape index (κ3) is 2.10. The molecule has 0 saturated heterocycles. The third-order valence-corrected chi connectivity index (χ3v) is 2.57. The Kier molecular flexibility index (Phi) is 3.71. The quantitative estimate of drug-likeness (QED) is 0.564. The van der Waals surface area contributed by atoms with Gasteiger partial charge in [-0.1, -0.05) is 15.9 Å². The summed E-state index contributed by atoms with van der Waals surface area (Å²) in [5.41, 5.74) is -0.356. The summed E-state index contributed by atoms with van der Waals surface area (Å²) in [5, 5.41) is 28.0. The van der Waals surface area contributed by atoms with Gasteiger partial charge in [0.15, 0.2) is 23.4 Å². The van der Waals surface area contributed by atoms with Crippen molar-refractivity contribution in [1.82, 2.24) is 0 Å². The molecule has 1 rings (SSSR count). The van der Waals surface area contributed by atoms with E-state index in [1.165, 1.54) is 0 Å². The van der Waals surface area contributed by atoms with E-state index in [9.17, 15) is 19.4 Å². The molecule has 0 saturated carbocycles. The van der Waals surface area contributed by atoms with Crippen LogP contribution in [0.1, 0.15) is 11.7 Å². The predicted molar refractivity (Wildman–Crippen MR) is 54.4 cm³/mol. The van der Waals surface area contributed by atoms with E-state index in [1.807, 2.05) is 0 Å². The molecule has 0 bridgehead atoms. The van der Waals surface area contributed by atoms with Crippen molar-refractivity contribution in [3.8, 4) is 11.5 Å². The van der Waals surface area contributed by atoms with Crippen LogP contribution in [0.4, 0.5) is 4.39 Å². The minimum absolute atomic E-state index is 0.0572. The highest BCUT2D eigenvalue weighted by Gasteiger charge is 2.27. The van der Waals surface area contributed by atoms with Crippen LogP contribution >= 0.6 is 15.9 Å². The van der Waals surface area contributed by atoms with Crippen LogP contribution in [0.15, 0.2) is 10.5 Å². The van der Waals surface area contributed by atoms with Gasteiger partial charge < -0.3 is 20.1 Å². The van der Waals surface area contributed by atoms with Gasteiger partial charge in [-0.05, 0) is 6.07 Å². The van der Waals surface area contributed by atoms with Crippen molar-refractivity contribution in [3.05, 3.63) is 21.9 Å². The summed E-state index contributed by atoms with van der Waals surface area (Å²) in [7, 11) is 1.04. The zero-order chi connectivity index (χ0) is 12.5. The van der Waals surface area contributed by atoms with E-state index in [-0.39, 0.29) is 10.0 Å². The Morgan fingerprint density at radius 3 is 2.56 bits per heavy atom. The molecule has 5 nitrogen and oxygen atoms in total. The number of methoxy groups -OCH3 is 1. The van der Waals surface area contributed by atoms with Gasteiger partial charge in [0.05, 0.1) is 12.7 Å². The first kappa shape index (κ1) is 12.7. The number of ether oxygens (including phenoxy) is 1. The molecule has 0 aliphatic heterocycles. The first-order valence-electron chi connectivity index (χ1n) is 4.05. The van der Waals surface area contributed by atoms with Crippen LogP contribution in [0.2, 0.25) is 0 Å². The van der Waals surface area contributed by atoms with Crippen LogP contribution in [0, 0.1) is 5.82 Å². The average molecular weight is 295 g/mol. The number of phenols is 2. The lowest BCUT2D eigenvalue weighted by atomic mass is 10.1. The molecule has 0 heterocycles. The maximum absolute atomic E-state index is 12.9. The SMILES string of the molecule is COC(=O)C(O)c1c(Br)cc(F)c(O)c1O. The van der Waals surface area contributed by atoms with Crippen molar-refractivity contribution in [1.29, 1.82) is 0 Å². The molecule has 0 aliphatic carbocycles. The van der Waals surface area contributed by atoms with Crippen LogP contribution in [-0.2, 0) is 9.53 Å². The van der Waals surface area contributed by atoms with Crippen molar-refractivity contribution in [3.63, 3.8) is 0 Å². The number of aliphatic hydroxyl groups excluding tert-OH is 1. The molecule has 7 heteroatoms. The van der Waals surface area contributed by atoms with Gasteiger partial charge in [0.2, 0.25) is 0 Å². The molecule has 3 N–H and O–H groups in total. The van der Waals surface area contributed by atoms with Crippen molar-refractivity contribution in [2.45, 2.75) is 6.10 Å². The number of carbonyl (C=O) groups is 1. The van der Waals surface area contributed by atoms with Crippen molar-refractivity contribution in [2.75, 3.05) is 7.11 Å². The fourth-order valence-electron chi connectivity index (χ4n) is 1.10. The maximum Gasteiger partial charge on any atom is 0.339 e. The van der Waals surface area contributed by atoms with Crippen molar-refractivity contribution < 1.29 is 29.2 Å². The normalized spacial score (nSPS) is 12.2. The highest BCUT2D eigenvalue weighted by atomic mass is 79.9. The smallest absolute Gasteiger partial charge is 0.339 e. The van der Waals surface area contributed by atoms with Crippen molar-refractivity contribution >= 4 is 21.9 Å². The summed E-state index contributed by atoms with van der Waals surface area (Å²) in [6.07, 6.45) is -1.81. The second kappa shape index (κ2) is 4.67. The topological polar surface area (TPSA) is 87.0 Å². The van der Waals surface area contributed by atoms with Crippen LogP contribution in [-0.4, -0.2) is 28.4 Å². The molecule has 0 aromatic heterocycles. The van der Waals surface area contributed by atoms with Gasteiger partial charge in [-0.3, -0.25) is 0 Å². The summed E-state index contributed by atoms with van der Waals surface area (Å²) in [4.78, 5) is 11.0. The number of esters is 1. The molecule has 1 atom stereocenters. The Morgan fingerprint density at radius 1 is 1.50 bits per heavy atom. The van der Waals surface area contributed by atoms with Gasteiger partial charge in [-0.25, -0.2) is 9.18 Å². The lowest BCUT2D eigenvalue weighted by Gasteiger charge is -2.13. The Morgan fingerprint density at radius 2 is 2.06 bits per heavy atom. The van der Waals surface area contributed by atoms with Crippen LogP contribution in [0.25, 0.3) is 0 Å². The Labute approximate surface area is 98.2 Å². The van der Waals surface area contributed by atoms with Crippen LogP contribution in [0.3, 0.4) is 0 Å². The molecule has 0 spiro atoms. The molecular weight excluding hydrogens is 287 g/mol. The Bertz CT molecular complexity index is 434.